The van der Waals surface area contributed by atoms with E-state index in [0.717, 1.165) is 24.5 Å². The SMILES string of the molecule is CC(C)CN1c2cccnc2-n2cccc2C12CCN(C(=O)c1ccccn1)C2.O=C(O)C(F)(F)F. The zero-order valence-electron chi connectivity index (χ0n) is 19.8. The predicted octanol–water partition coefficient (Wildman–Crippen LogP) is 4.12. The zero-order valence-corrected chi connectivity index (χ0v) is 19.8. The number of fused-ring (bicyclic) bond motifs is 4. The first-order valence-electron chi connectivity index (χ1n) is 11.5. The van der Waals surface area contributed by atoms with E-state index >= 15 is 0 Å². The number of amides is 1. The molecule has 1 saturated heterocycles. The van der Waals surface area contributed by atoms with Crippen LogP contribution in [0.3, 0.4) is 0 Å². The number of likely N-dealkylation sites (tertiary alicyclic amines) is 1. The molecule has 1 fully saturated rings. The summed E-state index contributed by atoms with van der Waals surface area (Å²) in [7, 11) is 0. The van der Waals surface area contributed by atoms with Gasteiger partial charge in [0.25, 0.3) is 5.91 Å². The molecule has 1 amide bonds. The predicted molar refractivity (Wildman–Crippen MR) is 126 cm³/mol. The molecule has 3 aromatic rings. The number of nitrogens with zero attached hydrogens (tertiary/aromatic N) is 5. The van der Waals surface area contributed by atoms with Crippen molar-refractivity contribution in [1.29, 1.82) is 0 Å². The Morgan fingerprint density at radius 2 is 1.81 bits per heavy atom. The first-order valence-corrected chi connectivity index (χ1v) is 11.5. The summed E-state index contributed by atoms with van der Waals surface area (Å²) < 4.78 is 33.9. The number of carboxylic acids is 1. The van der Waals surface area contributed by atoms with Gasteiger partial charge in [-0.1, -0.05) is 19.9 Å². The average molecular weight is 502 g/mol. The van der Waals surface area contributed by atoms with Crippen LogP contribution in [0.2, 0.25) is 0 Å². The Morgan fingerprint density at radius 3 is 2.44 bits per heavy atom. The molecule has 8 nitrogen and oxygen atoms in total. The number of rotatable bonds is 3. The second-order valence-electron chi connectivity index (χ2n) is 9.14. The van der Waals surface area contributed by atoms with Gasteiger partial charge in [0, 0.05) is 38.2 Å². The summed E-state index contributed by atoms with van der Waals surface area (Å²) >= 11 is 0. The molecule has 1 unspecified atom stereocenters. The van der Waals surface area contributed by atoms with E-state index in [1.807, 2.05) is 29.3 Å². The fraction of sp³-hybridized carbons (Fsp3) is 0.360. The monoisotopic (exact) mass is 501 g/mol. The molecule has 0 bridgehead atoms. The summed E-state index contributed by atoms with van der Waals surface area (Å²) in [6.45, 7) is 6.75. The van der Waals surface area contributed by atoms with Crippen LogP contribution < -0.4 is 4.90 Å². The lowest BCUT2D eigenvalue weighted by atomic mass is 9.88. The number of halogens is 3. The highest BCUT2D eigenvalue weighted by atomic mass is 19.4. The molecule has 5 heterocycles. The number of hydrogen-bond acceptors (Lipinski definition) is 5. The van der Waals surface area contributed by atoms with Crippen LogP contribution in [-0.4, -0.2) is 62.2 Å². The van der Waals surface area contributed by atoms with Crippen LogP contribution in [0, 0.1) is 5.92 Å². The fourth-order valence-electron chi connectivity index (χ4n) is 4.78. The first kappa shape index (κ1) is 25.2. The lowest BCUT2D eigenvalue weighted by Gasteiger charge is -2.47. The largest absolute Gasteiger partial charge is 0.490 e. The van der Waals surface area contributed by atoms with Gasteiger partial charge in [-0.3, -0.25) is 9.78 Å². The van der Waals surface area contributed by atoms with Gasteiger partial charge in [-0.25, -0.2) is 9.78 Å². The Bertz CT molecular complexity index is 1240. The summed E-state index contributed by atoms with van der Waals surface area (Å²) in [5, 5.41) is 7.12. The molecule has 11 heteroatoms. The van der Waals surface area contributed by atoms with E-state index < -0.39 is 12.1 Å². The number of alkyl halides is 3. The smallest absolute Gasteiger partial charge is 0.475 e. The highest BCUT2D eigenvalue weighted by molar-refractivity contribution is 5.92. The molecule has 36 heavy (non-hydrogen) atoms. The second-order valence-corrected chi connectivity index (χ2v) is 9.14. The van der Waals surface area contributed by atoms with Gasteiger partial charge in [0.05, 0.1) is 11.4 Å². The van der Waals surface area contributed by atoms with E-state index in [9.17, 15) is 18.0 Å². The van der Waals surface area contributed by atoms with Crippen LogP contribution >= 0.6 is 0 Å². The maximum atomic E-state index is 13.1. The number of carboxylic acid groups (broad SMARTS) is 1. The summed E-state index contributed by atoms with van der Waals surface area (Å²) in [5.41, 5.74) is 2.60. The van der Waals surface area contributed by atoms with E-state index in [1.165, 1.54) is 5.69 Å². The molecule has 1 atom stereocenters. The number of anilines is 1. The van der Waals surface area contributed by atoms with E-state index in [4.69, 9.17) is 9.90 Å². The van der Waals surface area contributed by atoms with Crippen molar-refractivity contribution in [3.05, 3.63) is 72.4 Å². The summed E-state index contributed by atoms with van der Waals surface area (Å²) in [4.78, 5) is 35.4. The maximum Gasteiger partial charge on any atom is 0.490 e. The Balaban J connectivity index is 0.000000384. The number of carbonyl (C=O) groups is 2. The lowest BCUT2D eigenvalue weighted by Crippen LogP contribution is -2.54. The van der Waals surface area contributed by atoms with Crippen LogP contribution in [0.25, 0.3) is 5.82 Å². The molecular formula is C25H26F3N5O3. The number of hydrogen-bond donors (Lipinski definition) is 1. The minimum Gasteiger partial charge on any atom is -0.475 e. The molecule has 190 valence electrons. The van der Waals surface area contributed by atoms with Gasteiger partial charge in [-0.05, 0) is 48.7 Å². The van der Waals surface area contributed by atoms with Gasteiger partial charge < -0.3 is 19.5 Å². The third kappa shape index (κ3) is 4.65. The molecule has 2 aliphatic rings. The third-order valence-electron chi connectivity index (χ3n) is 6.24. The van der Waals surface area contributed by atoms with E-state index in [0.29, 0.717) is 24.7 Å². The zero-order chi connectivity index (χ0) is 26.1. The molecule has 2 aliphatic heterocycles. The van der Waals surface area contributed by atoms with Crippen LogP contribution in [-0.2, 0) is 10.3 Å². The molecule has 3 aromatic heterocycles. The molecule has 0 aliphatic carbocycles. The minimum absolute atomic E-state index is 0.00191. The van der Waals surface area contributed by atoms with Crippen molar-refractivity contribution in [3.8, 4) is 5.82 Å². The second kappa shape index (κ2) is 9.63. The van der Waals surface area contributed by atoms with Crippen molar-refractivity contribution in [3.63, 3.8) is 0 Å². The van der Waals surface area contributed by atoms with Crippen molar-refractivity contribution in [2.24, 2.45) is 5.92 Å². The topological polar surface area (TPSA) is 91.6 Å². The molecule has 5 rings (SSSR count). The molecule has 0 radical (unpaired) electrons. The summed E-state index contributed by atoms with van der Waals surface area (Å²) in [6.07, 6.45) is 1.41. The number of carbonyl (C=O) groups excluding carboxylic acids is 1. The number of aliphatic carboxylic acids is 1. The molecule has 1 spiro atoms. The van der Waals surface area contributed by atoms with Gasteiger partial charge in [0.15, 0.2) is 5.82 Å². The lowest BCUT2D eigenvalue weighted by molar-refractivity contribution is -0.192. The summed E-state index contributed by atoms with van der Waals surface area (Å²) in [6, 6.07) is 13.9. The Kier molecular flexibility index (Phi) is 6.75. The van der Waals surface area contributed by atoms with Crippen molar-refractivity contribution < 1.29 is 27.9 Å². The van der Waals surface area contributed by atoms with Crippen molar-refractivity contribution >= 4 is 17.6 Å². The molecule has 1 N–H and O–H groups in total. The van der Waals surface area contributed by atoms with Gasteiger partial charge >= 0.3 is 12.1 Å². The Labute approximate surface area is 206 Å². The van der Waals surface area contributed by atoms with E-state index in [-0.39, 0.29) is 11.4 Å². The van der Waals surface area contributed by atoms with Crippen LogP contribution in [0.4, 0.5) is 18.9 Å². The van der Waals surface area contributed by atoms with Gasteiger partial charge in [-0.2, -0.15) is 13.2 Å². The van der Waals surface area contributed by atoms with Gasteiger partial charge in [-0.15, -0.1) is 0 Å². The summed E-state index contributed by atoms with van der Waals surface area (Å²) in [5.74, 6) is -1.30. The van der Waals surface area contributed by atoms with E-state index in [1.54, 1.807) is 12.3 Å². The van der Waals surface area contributed by atoms with Crippen LogP contribution in [0.15, 0.2) is 61.1 Å². The fourth-order valence-corrected chi connectivity index (χ4v) is 4.78. The highest BCUT2D eigenvalue weighted by Gasteiger charge is 2.51. The molecule has 0 saturated carbocycles. The van der Waals surface area contributed by atoms with Crippen LogP contribution in [0.1, 0.15) is 36.5 Å². The number of pyridine rings is 2. The first-order chi connectivity index (χ1) is 17.0. The quantitative estimate of drug-likeness (QED) is 0.581. The van der Waals surface area contributed by atoms with E-state index in [2.05, 4.69) is 57.7 Å². The Hall–Kier alpha value is -3.89. The number of aromatic nitrogens is 3. The molecule has 0 aromatic carbocycles. The van der Waals surface area contributed by atoms with Gasteiger partial charge in [0.1, 0.15) is 11.2 Å². The Morgan fingerprint density at radius 1 is 1.08 bits per heavy atom. The maximum absolute atomic E-state index is 13.1. The minimum atomic E-state index is -5.08. The standard InChI is InChI=1S/C23H25N5O.C2HF3O2/c1-17(2)15-28-19-8-5-12-25-21(19)27-13-6-9-20(27)23(28)10-14-26(16-23)22(29)18-7-3-4-11-24-18;3-2(4,5)1(6)7/h3-9,11-13,17H,10,14-16H2,1-2H3;(H,6,7). The normalized spacial score (nSPS) is 18.5. The van der Waals surface area contributed by atoms with Crippen molar-refractivity contribution in [2.45, 2.75) is 32.0 Å². The molecular weight excluding hydrogens is 475 g/mol. The van der Waals surface area contributed by atoms with Gasteiger partial charge in [0.2, 0.25) is 0 Å². The van der Waals surface area contributed by atoms with Crippen molar-refractivity contribution in [2.75, 3.05) is 24.5 Å². The van der Waals surface area contributed by atoms with Crippen LogP contribution in [0.5, 0.6) is 0 Å². The highest BCUT2D eigenvalue weighted by Crippen LogP contribution is 2.47. The third-order valence-corrected chi connectivity index (χ3v) is 6.24. The average Bonchev–Trinajstić information content (AvgIpc) is 3.51. The van der Waals surface area contributed by atoms with Crippen molar-refractivity contribution in [1.82, 2.24) is 19.4 Å².